The molecule has 0 fully saturated rings. The van der Waals surface area contributed by atoms with Crippen molar-refractivity contribution in [3.05, 3.63) is 105 Å². The van der Waals surface area contributed by atoms with Crippen LogP contribution in [0.5, 0.6) is 0 Å². The van der Waals surface area contributed by atoms with Gasteiger partial charge in [-0.25, -0.2) is 9.37 Å². The summed E-state index contributed by atoms with van der Waals surface area (Å²) >= 11 is 3.47. The number of benzene rings is 2. The lowest BCUT2D eigenvalue weighted by molar-refractivity contribution is 0.0952. The number of aryl methyl sites for hydroxylation is 1. The molecule has 0 unspecified atom stereocenters. The second-order valence-electron chi connectivity index (χ2n) is 7.09. The maximum Gasteiger partial charge on any atom is 0.252 e. The van der Waals surface area contributed by atoms with Crippen LogP contribution in [0.4, 0.5) is 4.39 Å². The van der Waals surface area contributed by atoms with Crippen LogP contribution >= 0.6 is 15.9 Å². The molecule has 154 valence electrons. The Morgan fingerprint density at radius 1 is 1.03 bits per heavy atom. The van der Waals surface area contributed by atoms with Crippen molar-refractivity contribution in [2.24, 2.45) is 0 Å². The Labute approximate surface area is 188 Å². The fourth-order valence-corrected chi connectivity index (χ4v) is 3.57. The molecule has 1 N–H and O–H groups in total. The number of nitrogens with zero attached hydrogens (tertiary/aromatic N) is 2. The van der Waals surface area contributed by atoms with Crippen molar-refractivity contribution in [1.82, 2.24) is 15.3 Å². The number of carbonyl (C=O) groups is 1. The number of halogens is 2. The topological polar surface area (TPSA) is 54.9 Å². The summed E-state index contributed by atoms with van der Waals surface area (Å²) in [6, 6.07) is 19.3. The van der Waals surface area contributed by atoms with Gasteiger partial charge in [-0.3, -0.25) is 9.78 Å². The van der Waals surface area contributed by atoms with Crippen LogP contribution in [0.1, 0.15) is 33.0 Å². The van der Waals surface area contributed by atoms with Crippen molar-refractivity contribution < 1.29 is 9.18 Å². The number of hydrogen-bond donors (Lipinski definition) is 1. The number of hydrogen-bond acceptors (Lipinski definition) is 3. The summed E-state index contributed by atoms with van der Waals surface area (Å²) in [5, 5.41) is 3.70. The fraction of sp³-hybridized carbons (Fsp3) is 0.0800. The second-order valence-corrected chi connectivity index (χ2v) is 8.01. The molecule has 0 spiro atoms. The van der Waals surface area contributed by atoms with Crippen LogP contribution in [-0.2, 0) is 6.54 Å². The highest BCUT2D eigenvalue weighted by atomic mass is 79.9. The normalized spacial score (nSPS) is 11.2. The van der Waals surface area contributed by atoms with Gasteiger partial charge in [0.1, 0.15) is 5.82 Å². The molecule has 0 bridgehead atoms. The smallest absolute Gasteiger partial charge is 0.252 e. The van der Waals surface area contributed by atoms with Gasteiger partial charge in [0, 0.05) is 15.6 Å². The maximum atomic E-state index is 13.1. The molecular weight excluding hydrogens is 457 g/mol. The molecule has 6 heteroatoms. The van der Waals surface area contributed by atoms with E-state index in [0.29, 0.717) is 23.3 Å². The Morgan fingerprint density at radius 2 is 1.84 bits per heavy atom. The summed E-state index contributed by atoms with van der Waals surface area (Å²) in [4.78, 5) is 22.1. The molecule has 4 nitrogen and oxygen atoms in total. The zero-order valence-corrected chi connectivity index (χ0v) is 18.4. The van der Waals surface area contributed by atoms with Crippen LogP contribution in [0.15, 0.2) is 71.2 Å². The Kier molecular flexibility index (Phi) is 6.18. The van der Waals surface area contributed by atoms with Crippen molar-refractivity contribution in [3.8, 4) is 0 Å². The van der Waals surface area contributed by atoms with Crippen LogP contribution in [-0.4, -0.2) is 15.9 Å². The first-order chi connectivity index (χ1) is 15.0. The number of carbonyl (C=O) groups excluding carboxylic acids is 1. The van der Waals surface area contributed by atoms with Gasteiger partial charge in [-0.15, -0.1) is 0 Å². The molecule has 0 saturated carbocycles. The van der Waals surface area contributed by atoms with Gasteiger partial charge >= 0.3 is 0 Å². The minimum Gasteiger partial charge on any atom is -0.346 e. The average molecular weight is 476 g/mol. The fourth-order valence-electron chi connectivity index (χ4n) is 3.21. The van der Waals surface area contributed by atoms with Crippen molar-refractivity contribution >= 4 is 44.9 Å². The lowest BCUT2D eigenvalue weighted by Crippen LogP contribution is -2.24. The lowest BCUT2D eigenvalue weighted by Gasteiger charge is -2.10. The van der Waals surface area contributed by atoms with E-state index in [1.807, 2.05) is 55.5 Å². The molecule has 0 saturated heterocycles. The van der Waals surface area contributed by atoms with E-state index in [0.717, 1.165) is 26.8 Å². The molecule has 0 atom stereocenters. The molecular formula is C25H19BrFN3O. The molecule has 2 heterocycles. The van der Waals surface area contributed by atoms with Gasteiger partial charge in [-0.1, -0.05) is 40.2 Å². The van der Waals surface area contributed by atoms with Crippen LogP contribution < -0.4 is 5.32 Å². The van der Waals surface area contributed by atoms with E-state index in [1.54, 1.807) is 18.2 Å². The van der Waals surface area contributed by atoms with Crippen LogP contribution in [0, 0.1) is 12.7 Å². The van der Waals surface area contributed by atoms with E-state index in [1.165, 1.54) is 12.1 Å². The molecule has 31 heavy (non-hydrogen) atoms. The zero-order chi connectivity index (χ0) is 21.8. The highest BCUT2D eigenvalue weighted by Crippen LogP contribution is 2.24. The quantitative estimate of drug-likeness (QED) is 0.388. The molecule has 0 aliphatic carbocycles. The van der Waals surface area contributed by atoms with Gasteiger partial charge in [0.05, 0.1) is 29.0 Å². The first-order valence-corrected chi connectivity index (χ1v) is 10.5. The Morgan fingerprint density at radius 3 is 2.61 bits per heavy atom. The van der Waals surface area contributed by atoms with Gasteiger partial charge in [-0.2, -0.15) is 0 Å². The summed E-state index contributed by atoms with van der Waals surface area (Å²) in [5.74, 6) is -0.487. The van der Waals surface area contributed by atoms with E-state index in [-0.39, 0.29) is 11.7 Å². The largest absolute Gasteiger partial charge is 0.346 e. The van der Waals surface area contributed by atoms with E-state index in [4.69, 9.17) is 0 Å². The Balaban J connectivity index is 1.65. The Bertz CT molecular complexity index is 1290. The standard InChI is InChI=1S/C25H19BrFN3O/c1-16-3-2-4-21(29-16)15-28-25(31)23-14-20(11-7-17-5-9-19(27)10-6-17)30-24-12-8-18(26)13-22(23)24/h2-14H,15H2,1H3,(H,28,31)/b11-7+. The predicted molar refractivity (Wildman–Crippen MR) is 125 cm³/mol. The molecule has 4 aromatic rings. The van der Waals surface area contributed by atoms with Crippen molar-refractivity contribution in [3.63, 3.8) is 0 Å². The molecule has 2 aromatic heterocycles. The molecule has 0 radical (unpaired) electrons. The van der Waals surface area contributed by atoms with Crippen molar-refractivity contribution in [2.75, 3.05) is 0 Å². The molecule has 4 rings (SSSR count). The average Bonchev–Trinajstić information content (AvgIpc) is 2.77. The SMILES string of the molecule is Cc1cccc(CNC(=O)c2cc(/C=C/c3ccc(F)cc3)nc3ccc(Br)cc23)n1. The van der Waals surface area contributed by atoms with Crippen LogP contribution in [0.25, 0.3) is 23.1 Å². The van der Waals surface area contributed by atoms with E-state index >= 15 is 0 Å². The van der Waals surface area contributed by atoms with Crippen LogP contribution in [0.3, 0.4) is 0 Å². The van der Waals surface area contributed by atoms with E-state index in [2.05, 4.69) is 31.2 Å². The van der Waals surface area contributed by atoms with E-state index in [9.17, 15) is 9.18 Å². The van der Waals surface area contributed by atoms with Gasteiger partial charge in [0.2, 0.25) is 0 Å². The molecule has 1 amide bonds. The third-order valence-corrected chi connectivity index (χ3v) is 5.22. The first-order valence-electron chi connectivity index (χ1n) is 9.73. The van der Waals surface area contributed by atoms with Gasteiger partial charge in [0.15, 0.2) is 0 Å². The van der Waals surface area contributed by atoms with Crippen molar-refractivity contribution in [1.29, 1.82) is 0 Å². The summed E-state index contributed by atoms with van der Waals surface area (Å²) in [7, 11) is 0. The van der Waals surface area contributed by atoms with Crippen LogP contribution in [0.2, 0.25) is 0 Å². The van der Waals surface area contributed by atoms with Gasteiger partial charge in [0.25, 0.3) is 5.91 Å². The monoisotopic (exact) mass is 475 g/mol. The third kappa shape index (κ3) is 5.22. The number of fused-ring (bicyclic) bond motifs is 1. The second kappa shape index (κ2) is 9.18. The summed E-state index contributed by atoms with van der Waals surface area (Å²) < 4.78 is 14.0. The molecule has 0 aliphatic rings. The Hall–Kier alpha value is -3.38. The zero-order valence-electron chi connectivity index (χ0n) is 16.8. The number of amides is 1. The maximum absolute atomic E-state index is 13.1. The highest BCUT2D eigenvalue weighted by Gasteiger charge is 2.13. The number of pyridine rings is 2. The number of aromatic nitrogens is 2. The predicted octanol–water partition coefficient (Wildman–Crippen LogP) is 5.94. The lowest BCUT2D eigenvalue weighted by atomic mass is 10.1. The third-order valence-electron chi connectivity index (χ3n) is 4.73. The van der Waals surface area contributed by atoms with Crippen molar-refractivity contribution in [2.45, 2.75) is 13.5 Å². The minimum atomic E-state index is -0.284. The van der Waals surface area contributed by atoms with E-state index < -0.39 is 0 Å². The molecule has 0 aliphatic heterocycles. The summed E-state index contributed by atoms with van der Waals surface area (Å²) in [6.07, 6.45) is 3.65. The first kappa shape index (κ1) is 20.9. The minimum absolute atomic E-state index is 0.203. The van der Waals surface area contributed by atoms with Gasteiger partial charge < -0.3 is 5.32 Å². The molecule has 2 aromatic carbocycles. The highest BCUT2D eigenvalue weighted by molar-refractivity contribution is 9.10. The van der Waals surface area contributed by atoms with Gasteiger partial charge in [-0.05, 0) is 67.1 Å². The number of rotatable bonds is 5. The summed E-state index contributed by atoms with van der Waals surface area (Å²) in [6.45, 7) is 2.25. The number of nitrogens with one attached hydrogen (secondary N) is 1. The summed E-state index contributed by atoms with van der Waals surface area (Å²) in [5.41, 5.74) is 4.41.